The highest BCUT2D eigenvalue weighted by atomic mass is 16.7. The van der Waals surface area contributed by atoms with Gasteiger partial charge in [0, 0.05) is 5.41 Å². The van der Waals surface area contributed by atoms with Gasteiger partial charge in [-0.1, -0.05) is 34.1 Å². The molecule has 1 aliphatic rings. The highest BCUT2D eigenvalue weighted by Crippen LogP contribution is 2.27. The third kappa shape index (κ3) is 3.28. The molecule has 0 saturated carbocycles. The van der Waals surface area contributed by atoms with Crippen molar-refractivity contribution in [3.05, 3.63) is 0 Å². The molecule has 1 fully saturated rings. The van der Waals surface area contributed by atoms with Gasteiger partial charge in [0.15, 0.2) is 6.29 Å². The minimum Gasteiger partial charge on any atom is -0.352 e. The van der Waals surface area contributed by atoms with Crippen molar-refractivity contribution < 1.29 is 9.47 Å². The van der Waals surface area contributed by atoms with Gasteiger partial charge in [0.05, 0.1) is 13.2 Å². The summed E-state index contributed by atoms with van der Waals surface area (Å²) in [7, 11) is 0. The lowest BCUT2D eigenvalue weighted by molar-refractivity contribution is -0.183. The van der Waals surface area contributed by atoms with Gasteiger partial charge in [-0.15, -0.1) is 0 Å². The quantitative estimate of drug-likeness (QED) is 0.627. The third-order valence-corrected chi connectivity index (χ3v) is 2.56. The van der Waals surface area contributed by atoms with Gasteiger partial charge in [-0.05, 0) is 12.3 Å². The van der Waals surface area contributed by atoms with Crippen molar-refractivity contribution in [2.24, 2.45) is 11.3 Å². The maximum atomic E-state index is 5.75. The van der Waals surface area contributed by atoms with Gasteiger partial charge in [0.1, 0.15) is 0 Å². The highest BCUT2D eigenvalue weighted by molar-refractivity contribution is 4.70. The Morgan fingerprint density at radius 3 is 2.46 bits per heavy atom. The average Bonchev–Trinajstić information content (AvgIpc) is 2.26. The largest absolute Gasteiger partial charge is 0.352 e. The fraction of sp³-hybridized carbons (Fsp3) is 1.00. The lowest BCUT2D eigenvalue weighted by atomic mass is 9.96. The van der Waals surface area contributed by atoms with Crippen molar-refractivity contribution in [3.63, 3.8) is 0 Å². The predicted molar refractivity (Wildman–Crippen MR) is 53.5 cm³/mol. The van der Waals surface area contributed by atoms with E-state index in [1.807, 2.05) is 0 Å². The van der Waals surface area contributed by atoms with E-state index in [9.17, 15) is 0 Å². The Balaban J connectivity index is 2.45. The lowest BCUT2D eigenvalue weighted by Crippen LogP contribution is -2.31. The van der Waals surface area contributed by atoms with Gasteiger partial charge in [-0.2, -0.15) is 0 Å². The Labute approximate surface area is 81.6 Å². The SMILES string of the molecule is CCC1CCOC(C(C)(C)C)OC1. The van der Waals surface area contributed by atoms with Crippen LogP contribution in [0.3, 0.4) is 0 Å². The third-order valence-electron chi connectivity index (χ3n) is 2.56. The first-order valence-electron chi connectivity index (χ1n) is 5.27. The molecule has 1 aliphatic heterocycles. The van der Waals surface area contributed by atoms with Gasteiger partial charge < -0.3 is 9.47 Å². The normalized spacial score (nSPS) is 31.4. The monoisotopic (exact) mass is 186 g/mol. The molecular formula is C11H22O2. The molecule has 1 heterocycles. The summed E-state index contributed by atoms with van der Waals surface area (Å²) in [5.41, 5.74) is 0.0998. The number of ether oxygens (including phenoxy) is 2. The second kappa shape index (κ2) is 4.43. The van der Waals surface area contributed by atoms with E-state index in [1.165, 1.54) is 6.42 Å². The molecule has 0 aliphatic carbocycles. The van der Waals surface area contributed by atoms with Crippen LogP contribution in [0.15, 0.2) is 0 Å². The highest BCUT2D eigenvalue weighted by Gasteiger charge is 2.29. The van der Waals surface area contributed by atoms with Gasteiger partial charge in [0.25, 0.3) is 0 Å². The summed E-state index contributed by atoms with van der Waals surface area (Å²) in [5.74, 6) is 0.687. The van der Waals surface area contributed by atoms with E-state index < -0.39 is 0 Å². The molecule has 0 radical (unpaired) electrons. The van der Waals surface area contributed by atoms with Gasteiger partial charge in [-0.25, -0.2) is 0 Å². The van der Waals surface area contributed by atoms with Crippen LogP contribution in [-0.2, 0) is 9.47 Å². The first-order chi connectivity index (χ1) is 6.04. The van der Waals surface area contributed by atoms with Crippen molar-refractivity contribution in [2.75, 3.05) is 13.2 Å². The second-order valence-corrected chi connectivity index (χ2v) is 4.97. The Hall–Kier alpha value is -0.0800. The summed E-state index contributed by atoms with van der Waals surface area (Å²) < 4.78 is 11.4. The summed E-state index contributed by atoms with van der Waals surface area (Å²) in [5, 5.41) is 0. The molecule has 0 bridgehead atoms. The molecule has 78 valence electrons. The second-order valence-electron chi connectivity index (χ2n) is 4.97. The Morgan fingerprint density at radius 2 is 1.92 bits per heavy atom. The van der Waals surface area contributed by atoms with E-state index in [0.717, 1.165) is 19.6 Å². The number of hydrogen-bond acceptors (Lipinski definition) is 2. The van der Waals surface area contributed by atoms with Crippen LogP contribution in [0, 0.1) is 11.3 Å². The van der Waals surface area contributed by atoms with Crippen LogP contribution in [-0.4, -0.2) is 19.5 Å². The molecule has 0 spiro atoms. The molecule has 0 aromatic rings. The fourth-order valence-corrected chi connectivity index (χ4v) is 1.52. The molecule has 2 heteroatoms. The van der Waals surface area contributed by atoms with Gasteiger partial charge in [-0.3, -0.25) is 0 Å². The summed E-state index contributed by atoms with van der Waals surface area (Å²) in [6.45, 7) is 10.4. The number of hydrogen-bond donors (Lipinski definition) is 0. The van der Waals surface area contributed by atoms with Crippen molar-refractivity contribution in [1.82, 2.24) is 0 Å². The molecular weight excluding hydrogens is 164 g/mol. The average molecular weight is 186 g/mol. The molecule has 0 amide bonds. The van der Waals surface area contributed by atoms with Gasteiger partial charge in [0.2, 0.25) is 0 Å². The Bertz CT molecular complexity index is 149. The predicted octanol–water partition coefficient (Wildman–Crippen LogP) is 2.82. The zero-order valence-corrected chi connectivity index (χ0v) is 9.30. The topological polar surface area (TPSA) is 18.5 Å². The van der Waals surface area contributed by atoms with Crippen molar-refractivity contribution in [3.8, 4) is 0 Å². The Kier molecular flexibility index (Phi) is 3.74. The van der Waals surface area contributed by atoms with Crippen molar-refractivity contribution in [2.45, 2.75) is 46.8 Å². The van der Waals surface area contributed by atoms with Crippen LogP contribution < -0.4 is 0 Å². The molecule has 2 unspecified atom stereocenters. The van der Waals surface area contributed by atoms with E-state index in [1.54, 1.807) is 0 Å². The van der Waals surface area contributed by atoms with Crippen LogP contribution in [0.1, 0.15) is 40.5 Å². The number of rotatable bonds is 1. The van der Waals surface area contributed by atoms with Crippen LogP contribution in [0.25, 0.3) is 0 Å². The van der Waals surface area contributed by atoms with E-state index in [0.29, 0.717) is 5.92 Å². The van der Waals surface area contributed by atoms with Crippen LogP contribution in [0.5, 0.6) is 0 Å². The molecule has 2 nitrogen and oxygen atoms in total. The summed E-state index contributed by atoms with van der Waals surface area (Å²) in [6.07, 6.45) is 2.31. The molecule has 0 aromatic carbocycles. The van der Waals surface area contributed by atoms with E-state index in [2.05, 4.69) is 27.7 Å². The molecule has 0 aromatic heterocycles. The maximum absolute atomic E-state index is 5.75. The molecule has 0 N–H and O–H groups in total. The van der Waals surface area contributed by atoms with Crippen molar-refractivity contribution >= 4 is 0 Å². The van der Waals surface area contributed by atoms with Crippen LogP contribution >= 0.6 is 0 Å². The van der Waals surface area contributed by atoms with Gasteiger partial charge >= 0.3 is 0 Å². The molecule has 2 atom stereocenters. The smallest absolute Gasteiger partial charge is 0.162 e. The Morgan fingerprint density at radius 1 is 1.23 bits per heavy atom. The zero-order valence-electron chi connectivity index (χ0n) is 9.30. The zero-order chi connectivity index (χ0) is 9.90. The molecule has 1 saturated heterocycles. The minimum atomic E-state index is -0.0240. The first-order valence-corrected chi connectivity index (χ1v) is 5.27. The first kappa shape index (κ1) is 11.0. The minimum absolute atomic E-state index is 0.0240. The van der Waals surface area contributed by atoms with Crippen LogP contribution in [0.4, 0.5) is 0 Å². The summed E-state index contributed by atoms with van der Waals surface area (Å²) in [4.78, 5) is 0. The van der Waals surface area contributed by atoms with Crippen molar-refractivity contribution in [1.29, 1.82) is 0 Å². The fourth-order valence-electron chi connectivity index (χ4n) is 1.52. The van der Waals surface area contributed by atoms with E-state index in [4.69, 9.17) is 9.47 Å². The molecule has 1 rings (SSSR count). The van der Waals surface area contributed by atoms with E-state index >= 15 is 0 Å². The summed E-state index contributed by atoms with van der Waals surface area (Å²) >= 11 is 0. The maximum Gasteiger partial charge on any atom is 0.162 e. The lowest BCUT2D eigenvalue weighted by Gasteiger charge is -2.28. The molecule has 13 heavy (non-hydrogen) atoms. The summed E-state index contributed by atoms with van der Waals surface area (Å²) in [6, 6.07) is 0. The van der Waals surface area contributed by atoms with Crippen LogP contribution in [0.2, 0.25) is 0 Å². The standard InChI is InChI=1S/C11H22O2/c1-5-9-6-7-12-10(13-8-9)11(2,3)4/h9-10H,5-8H2,1-4H3. The van der Waals surface area contributed by atoms with E-state index in [-0.39, 0.29) is 11.7 Å².